The van der Waals surface area contributed by atoms with Gasteiger partial charge in [-0.25, -0.2) is 13.8 Å². The number of hydrogen-bond acceptors (Lipinski definition) is 10. The fourth-order valence-corrected chi connectivity index (χ4v) is 5.01. The van der Waals surface area contributed by atoms with Gasteiger partial charge in [0.2, 0.25) is 0 Å². The van der Waals surface area contributed by atoms with Crippen LogP contribution in [0.1, 0.15) is 24.3 Å². The number of rotatable bonds is 5. The third kappa shape index (κ3) is 4.59. The van der Waals surface area contributed by atoms with Gasteiger partial charge in [-0.2, -0.15) is 4.98 Å². The van der Waals surface area contributed by atoms with Crippen LogP contribution >= 0.6 is 19.4 Å². The third-order valence-electron chi connectivity index (χ3n) is 5.07. The molecule has 4 rings (SSSR count). The van der Waals surface area contributed by atoms with Crippen LogP contribution in [0.2, 0.25) is 5.02 Å². The summed E-state index contributed by atoms with van der Waals surface area (Å²) >= 11 is 5.80. The summed E-state index contributed by atoms with van der Waals surface area (Å²) in [6.45, 7) is -0.548. The van der Waals surface area contributed by atoms with Gasteiger partial charge >= 0.3 is 13.5 Å². The van der Waals surface area contributed by atoms with Crippen LogP contribution in [0, 0.1) is 5.82 Å². The first-order chi connectivity index (χ1) is 15.2. The van der Waals surface area contributed by atoms with Gasteiger partial charge in [0, 0.05) is 18.2 Å². The molecule has 2 saturated heterocycles. The Bertz CT molecular complexity index is 1100. The third-order valence-corrected chi connectivity index (χ3v) is 6.84. The lowest BCUT2D eigenvalue weighted by molar-refractivity contribution is -0.0610. The van der Waals surface area contributed by atoms with Crippen molar-refractivity contribution in [3.05, 3.63) is 57.3 Å². The molecule has 3 heterocycles. The maximum Gasteiger partial charge on any atom is 0.475 e. The second kappa shape index (κ2) is 9.16. The minimum absolute atomic E-state index is 0.0189. The van der Waals surface area contributed by atoms with E-state index in [9.17, 15) is 24.0 Å². The zero-order valence-corrected chi connectivity index (χ0v) is 18.1. The van der Waals surface area contributed by atoms with Gasteiger partial charge in [-0.1, -0.05) is 23.7 Å². The molecule has 0 amide bonds. The predicted molar refractivity (Wildman–Crippen MR) is 108 cm³/mol. The quantitative estimate of drug-likeness (QED) is 0.524. The fourth-order valence-electron chi connectivity index (χ4n) is 3.44. The largest absolute Gasteiger partial charge is 0.475 e. The van der Waals surface area contributed by atoms with Crippen LogP contribution in [-0.4, -0.2) is 51.3 Å². The standard InChI is InChI=1S/C18H20ClFN3O8P/c19-10-3-1-2-9(14(10)20)11-5-7-28-32(27,31-11)29-8-12-15(24)16(25)17(30-12)23-6-4-13(21)22-18(23)26/h1-4,6,11-12,15-17,24-25H,5,7-8H2,(H2,21,22,26)/t11-,12-,15-,16+,17-,32+/m1/s1. The molecule has 4 N–H and O–H groups in total. The first-order valence-corrected chi connectivity index (χ1v) is 11.4. The number of phosphoric acid groups is 1. The lowest BCUT2D eigenvalue weighted by Gasteiger charge is -2.30. The van der Waals surface area contributed by atoms with Crippen LogP contribution < -0.4 is 11.4 Å². The van der Waals surface area contributed by atoms with Gasteiger partial charge in [0.15, 0.2) is 6.23 Å². The Balaban J connectivity index is 1.44. The number of aliphatic hydroxyl groups is 2. The number of benzene rings is 1. The zero-order chi connectivity index (χ0) is 23.0. The van der Waals surface area contributed by atoms with Gasteiger partial charge in [0.05, 0.1) is 24.3 Å². The van der Waals surface area contributed by atoms with E-state index < -0.39 is 56.6 Å². The van der Waals surface area contributed by atoms with Crippen molar-refractivity contribution in [1.29, 1.82) is 0 Å². The van der Waals surface area contributed by atoms with Crippen molar-refractivity contribution < 1.29 is 37.5 Å². The highest BCUT2D eigenvalue weighted by atomic mass is 35.5. The molecule has 6 atom stereocenters. The molecule has 32 heavy (non-hydrogen) atoms. The first kappa shape index (κ1) is 23.3. The summed E-state index contributed by atoms with van der Waals surface area (Å²) in [6.07, 6.45) is -4.91. The highest BCUT2D eigenvalue weighted by Crippen LogP contribution is 2.57. The van der Waals surface area contributed by atoms with Gasteiger partial charge < -0.3 is 20.7 Å². The summed E-state index contributed by atoms with van der Waals surface area (Å²) < 4.78 is 49.5. The molecule has 0 bridgehead atoms. The molecule has 2 aliphatic rings. The molecule has 0 spiro atoms. The van der Waals surface area contributed by atoms with Crippen molar-refractivity contribution in [2.24, 2.45) is 0 Å². The minimum atomic E-state index is -4.16. The second-order valence-corrected chi connectivity index (χ2v) is 9.22. The number of hydrogen-bond donors (Lipinski definition) is 3. The van der Waals surface area contributed by atoms with E-state index >= 15 is 0 Å². The van der Waals surface area contributed by atoms with E-state index in [2.05, 4.69) is 4.98 Å². The summed E-state index contributed by atoms with van der Waals surface area (Å²) in [5.41, 5.74) is 4.76. The number of nitrogens with two attached hydrogens (primary N) is 1. The highest BCUT2D eigenvalue weighted by Gasteiger charge is 2.46. The molecule has 11 nitrogen and oxygen atoms in total. The molecule has 0 unspecified atom stereocenters. The van der Waals surface area contributed by atoms with Gasteiger partial charge in [-0.3, -0.25) is 18.1 Å². The van der Waals surface area contributed by atoms with Gasteiger partial charge in [-0.05, 0) is 12.1 Å². The van der Waals surface area contributed by atoms with E-state index in [0.717, 1.165) is 4.57 Å². The molecule has 0 saturated carbocycles. The van der Waals surface area contributed by atoms with Gasteiger partial charge in [-0.15, -0.1) is 0 Å². The maximum absolute atomic E-state index is 14.3. The Morgan fingerprint density at radius 2 is 2.12 bits per heavy atom. The van der Waals surface area contributed by atoms with Crippen LogP contribution in [0.4, 0.5) is 10.2 Å². The number of nitrogen functional groups attached to an aromatic ring is 1. The highest BCUT2D eigenvalue weighted by molar-refractivity contribution is 7.48. The predicted octanol–water partition coefficient (Wildman–Crippen LogP) is 1.54. The molecule has 2 aliphatic heterocycles. The maximum atomic E-state index is 14.3. The Morgan fingerprint density at radius 1 is 1.34 bits per heavy atom. The summed E-state index contributed by atoms with van der Waals surface area (Å²) in [5, 5.41) is 20.5. The molecule has 0 radical (unpaired) electrons. The first-order valence-electron chi connectivity index (χ1n) is 9.56. The van der Waals surface area contributed by atoms with E-state index in [1.165, 1.54) is 30.5 Å². The van der Waals surface area contributed by atoms with Crippen molar-refractivity contribution in [2.45, 2.75) is 37.1 Å². The second-order valence-electron chi connectivity index (χ2n) is 7.19. The zero-order valence-electron chi connectivity index (χ0n) is 16.4. The monoisotopic (exact) mass is 491 g/mol. The van der Waals surface area contributed by atoms with E-state index in [1.807, 2.05) is 0 Å². The topological polar surface area (TPSA) is 155 Å². The minimum Gasteiger partial charge on any atom is -0.387 e. The number of phosphoric ester groups is 1. The van der Waals surface area contributed by atoms with Crippen LogP contribution in [0.5, 0.6) is 0 Å². The lowest BCUT2D eigenvalue weighted by Crippen LogP contribution is -2.36. The number of halogens is 2. The van der Waals surface area contributed by atoms with Crippen molar-refractivity contribution in [2.75, 3.05) is 18.9 Å². The fraction of sp³-hybridized carbons (Fsp3) is 0.444. The molecule has 0 aliphatic carbocycles. The molecule has 174 valence electrons. The summed E-state index contributed by atoms with van der Waals surface area (Å²) in [4.78, 5) is 15.5. The van der Waals surface area contributed by atoms with Crippen LogP contribution in [0.15, 0.2) is 35.3 Å². The average Bonchev–Trinajstić information content (AvgIpc) is 3.03. The smallest absolute Gasteiger partial charge is 0.387 e. The summed E-state index contributed by atoms with van der Waals surface area (Å²) in [5.74, 6) is -0.717. The normalized spacial score (nSPS) is 32.8. The van der Waals surface area contributed by atoms with Gasteiger partial charge in [0.25, 0.3) is 0 Å². The van der Waals surface area contributed by atoms with Crippen molar-refractivity contribution >= 4 is 25.2 Å². The Hall–Kier alpha value is -1.89. The molecule has 2 aromatic rings. The average molecular weight is 492 g/mol. The molecular formula is C18H20ClFN3O8P. The molecule has 2 fully saturated rings. The van der Waals surface area contributed by atoms with Crippen LogP contribution in [-0.2, 0) is 22.9 Å². The van der Waals surface area contributed by atoms with E-state index in [-0.39, 0.29) is 29.4 Å². The summed E-state index contributed by atoms with van der Waals surface area (Å²) in [6, 6.07) is 5.68. The Labute approximate surface area is 186 Å². The van der Waals surface area contributed by atoms with E-state index in [0.29, 0.717) is 0 Å². The molecule has 1 aromatic heterocycles. The number of ether oxygens (including phenoxy) is 1. The lowest BCUT2D eigenvalue weighted by atomic mass is 10.1. The number of anilines is 1. The Kier molecular flexibility index (Phi) is 6.66. The molecular weight excluding hydrogens is 472 g/mol. The van der Waals surface area contributed by atoms with Crippen molar-refractivity contribution in [1.82, 2.24) is 9.55 Å². The number of nitrogens with zero attached hydrogens (tertiary/aromatic N) is 2. The van der Waals surface area contributed by atoms with Crippen molar-refractivity contribution in [3.8, 4) is 0 Å². The van der Waals surface area contributed by atoms with Crippen LogP contribution in [0.25, 0.3) is 0 Å². The SMILES string of the molecule is Nc1ccn([C@@H]2O[C@H](CO[P@]3(=O)OCC[C@H](c4cccc(Cl)c4F)O3)[C@@H](O)[C@@H]2O)c(=O)n1. The van der Waals surface area contributed by atoms with E-state index in [1.54, 1.807) is 0 Å². The number of aliphatic hydroxyl groups excluding tert-OH is 2. The molecule has 1 aromatic carbocycles. The molecule has 14 heteroatoms. The van der Waals surface area contributed by atoms with Gasteiger partial charge in [0.1, 0.15) is 29.9 Å². The van der Waals surface area contributed by atoms with E-state index in [4.69, 9.17) is 35.6 Å². The Morgan fingerprint density at radius 3 is 2.88 bits per heavy atom. The summed E-state index contributed by atoms with van der Waals surface area (Å²) in [7, 11) is -4.16. The van der Waals surface area contributed by atoms with Crippen LogP contribution in [0.3, 0.4) is 0 Å². The number of aromatic nitrogens is 2. The van der Waals surface area contributed by atoms with Crippen molar-refractivity contribution in [3.63, 3.8) is 0 Å².